The first kappa shape index (κ1) is 22.3. The predicted octanol–water partition coefficient (Wildman–Crippen LogP) is 1.40. The van der Waals surface area contributed by atoms with Crippen molar-refractivity contribution in [3.8, 4) is 0 Å². The topological polar surface area (TPSA) is 92.6 Å². The molecule has 1 atom stereocenters. The van der Waals surface area contributed by atoms with Gasteiger partial charge in [0, 0.05) is 38.3 Å². The Kier molecular flexibility index (Phi) is 6.41. The van der Waals surface area contributed by atoms with Gasteiger partial charge in [0.15, 0.2) is 15.0 Å². The molecule has 2 fully saturated rings. The molecule has 2 aromatic rings. The van der Waals surface area contributed by atoms with Crippen molar-refractivity contribution >= 4 is 38.4 Å². The molecule has 168 valence electrons. The quantitative estimate of drug-likeness (QED) is 0.488. The molecule has 8 nitrogen and oxygen atoms in total. The highest BCUT2D eigenvalue weighted by atomic mass is 32.2. The molecule has 0 aliphatic carbocycles. The van der Waals surface area contributed by atoms with Gasteiger partial charge in [-0.05, 0) is 32.4 Å². The largest absolute Gasteiger partial charge is 0.339 e. The second-order valence-electron chi connectivity index (χ2n) is 8.44. The molecule has 0 spiro atoms. The van der Waals surface area contributed by atoms with Gasteiger partial charge in [-0.1, -0.05) is 23.9 Å². The van der Waals surface area contributed by atoms with Crippen molar-refractivity contribution in [3.63, 3.8) is 0 Å². The summed E-state index contributed by atoms with van der Waals surface area (Å²) in [4.78, 5) is 34.4. The molecule has 1 aromatic carbocycles. The molecule has 1 unspecified atom stereocenters. The third-order valence-electron chi connectivity index (χ3n) is 6.01. The second kappa shape index (κ2) is 8.91. The number of nitrogens with zero attached hydrogens (tertiary/aromatic N) is 4. The van der Waals surface area contributed by atoms with E-state index in [2.05, 4.69) is 9.88 Å². The van der Waals surface area contributed by atoms with Crippen LogP contribution in [0.1, 0.15) is 26.3 Å². The zero-order valence-electron chi connectivity index (χ0n) is 17.9. The highest BCUT2D eigenvalue weighted by Gasteiger charge is 2.34. The second-order valence-corrected chi connectivity index (χ2v) is 11.6. The van der Waals surface area contributed by atoms with Crippen molar-refractivity contribution in [1.29, 1.82) is 0 Å². The molecule has 0 N–H and O–H groups in total. The zero-order chi connectivity index (χ0) is 22.2. The Balaban J connectivity index is 1.40. The van der Waals surface area contributed by atoms with Crippen molar-refractivity contribution < 1.29 is 13.2 Å². The standard InChI is InChI=1S/C21H28N4O4S2/c1-15(2)25-20(27)17-5-3-4-6-18(17)22-21(25)30-13-19(26)24-10-8-23(9-11-24)16-7-12-31(28,29)14-16/h3-6,15-16H,7-14H2,1-2H3. The first-order valence-electron chi connectivity index (χ1n) is 10.6. The van der Waals surface area contributed by atoms with E-state index < -0.39 is 9.84 Å². The van der Waals surface area contributed by atoms with Crippen LogP contribution in [-0.2, 0) is 14.6 Å². The Morgan fingerprint density at radius 1 is 1.19 bits per heavy atom. The molecular formula is C21H28N4O4S2. The van der Waals surface area contributed by atoms with Crippen LogP contribution in [0.15, 0.2) is 34.2 Å². The van der Waals surface area contributed by atoms with E-state index in [1.165, 1.54) is 11.8 Å². The minimum absolute atomic E-state index is 0.0152. The Morgan fingerprint density at radius 3 is 2.55 bits per heavy atom. The van der Waals surface area contributed by atoms with Gasteiger partial charge in [-0.3, -0.25) is 19.1 Å². The normalized spacial score (nSPS) is 21.8. The summed E-state index contributed by atoms with van der Waals surface area (Å²) in [5.41, 5.74) is 0.551. The molecular weight excluding hydrogens is 436 g/mol. The average molecular weight is 465 g/mol. The zero-order valence-corrected chi connectivity index (χ0v) is 19.5. The summed E-state index contributed by atoms with van der Waals surface area (Å²) in [6, 6.07) is 7.29. The van der Waals surface area contributed by atoms with Gasteiger partial charge >= 0.3 is 0 Å². The number of aromatic nitrogens is 2. The van der Waals surface area contributed by atoms with Crippen molar-refractivity contribution in [2.45, 2.75) is 37.5 Å². The SMILES string of the molecule is CC(C)n1c(SCC(=O)N2CCN(C3CCS(=O)(=O)C3)CC2)nc2ccccc2c1=O. The Hall–Kier alpha value is -1.91. The van der Waals surface area contributed by atoms with E-state index in [0.717, 1.165) is 0 Å². The van der Waals surface area contributed by atoms with Gasteiger partial charge in [0.05, 0.1) is 28.2 Å². The van der Waals surface area contributed by atoms with Gasteiger partial charge in [-0.2, -0.15) is 0 Å². The van der Waals surface area contributed by atoms with E-state index in [4.69, 9.17) is 0 Å². The summed E-state index contributed by atoms with van der Waals surface area (Å²) in [5.74, 6) is 0.734. The number of rotatable bonds is 5. The number of benzene rings is 1. The number of fused-ring (bicyclic) bond motifs is 1. The van der Waals surface area contributed by atoms with E-state index in [0.29, 0.717) is 48.7 Å². The first-order valence-corrected chi connectivity index (χ1v) is 13.4. The van der Waals surface area contributed by atoms with Crippen LogP contribution in [0.3, 0.4) is 0 Å². The van der Waals surface area contributed by atoms with Crippen LogP contribution >= 0.6 is 11.8 Å². The molecule has 0 radical (unpaired) electrons. The number of hydrogen-bond donors (Lipinski definition) is 0. The number of carbonyl (C=O) groups excluding carboxylic acids is 1. The van der Waals surface area contributed by atoms with Crippen LogP contribution in [0.25, 0.3) is 10.9 Å². The van der Waals surface area contributed by atoms with Crippen molar-refractivity contribution in [2.75, 3.05) is 43.4 Å². The van der Waals surface area contributed by atoms with E-state index in [9.17, 15) is 18.0 Å². The number of sulfone groups is 1. The number of hydrogen-bond acceptors (Lipinski definition) is 7. The van der Waals surface area contributed by atoms with Gasteiger partial charge < -0.3 is 4.90 Å². The van der Waals surface area contributed by atoms with Crippen molar-refractivity contribution in [1.82, 2.24) is 19.4 Å². The third kappa shape index (κ3) is 4.80. The summed E-state index contributed by atoms with van der Waals surface area (Å²) in [5, 5.41) is 1.14. The lowest BCUT2D eigenvalue weighted by molar-refractivity contribution is -0.130. The van der Waals surface area contributed by atoms with Crippen LogP contribution in [0, 0.1) is 0 Å². The number of carbonyl (C=O) groups is 1. The minimum atomic E-state index is -2.90. The van der Waals surface area contributed by atoms with E-state index >= 15 is 0 Å². The van der Waals surface area contributed by atoms with E-state index in [1.807, 2.05) is 36.9 Å². The molecule has 1 amide bonds. The molecule has 3 heterocycles. The van der Waals surface area contributed by atoms with Crippen LogP contribution in [-0.4, -0.2) is 83.2 Å². The van der Waals surface area contributed by atoms with Gasteiger partial charge in [0.1, 0.15) is 0 Å². The highest BCUT2D eigenvalue weighted by Crippen LogP contribution is 2.23. The number of thioether (sulfide) groups is 1. The van der Waals surface area contributed by atoms with Gasteiger partial charge in [-0.15, -0.1) is 0 Å². The lowest BCUT2D eigenvalue weighted by Crippen LogP contribution is -2.52. The molecule has 2 aliphatic rings. The van der Waals surface area contributed by atoms with Crippen molar-refractivity contribution in [3.05, 3.63) is 34.6 Å². The van der Waals surface area contributed by atoms with Gasteiger partial charge in [-0.25, -0.2) is 13.4 Å². The lowest BCUT2D eigenvalue weighted by Gasteiger charge is -2.37. The molecule has 4 rings (SSSR count). The first-order chi connectivity index (χ1) is 14.7. The van der Waals surface area contributed by atoms with Crippen LogP contribution in [0.2, 0.25) is 0 Å². The highest BCUT2D eigenvalue weighted by molar-refractivity contribution is 7.99. The average Bonchev–Trinajstić information content (AvgIpc) is 3.11. The van der Waals surface area contributed by atoms with Gasteiger partial charge in [0.2, 0.25) is 5.91 Å². The summed E-state index contributed by atoms with van der Waals surface area (Å²) in [7, 11) is -2.90. The maximum atomic E-state index is 12.9. The fraction of sp³-hybridized carbons (Fsp3) is 0.571. The molecule has 2 saturated heterocycles. The minimum Gasteiger partial charge on any atom is -0.339 e. The van der Waals surface area contributed by atoms with E-state index in [-0.39, 0.29) is 40.8 Å². The number of para-hydroxylation sites is 1. The monoisotopic (exact) mass is 464 g/mol. The Morgan fingerprint density at radius 2 is 1.90 bits per heavy atom. The summed E-state index contributed by atoms with van der Waals surface area (Å²) < 4.78 is 25.1. The molecule has 0 bridgehead atoms. The van der Waals surface area contributed by atoms with Crippen molar-refractivity contribution in [2.24, 2.45) is 0 Å². The van der Waals surface area contributed by atoms with Crippen LogP contribution in [0.4, 0.5) is 0 Å². The fourth-order valence-electron chi connectivity index (χ4n) is 4.30. The fourth-order valence-corrected chi connectivity index (χ4v) is 7.09. The molecule has 10 heteroatoms. The maximum Gasteiger partial charge on any atom is 0.262 e. The molecule has 1 aromatic heterocycles. The number of piperazine rings is 1. The maximum absolute atomic E-state index is 12.9. The Labute approximate surface area is 186 Å². The number of amides is 1. The smallest absolute Gasteiger partial charge is 0.262 e. The molecule has 31 heavy (non-hydrogen) atoms. The Bertz CT molecular complexity index is 1140. The molecule has 2 aliphatic heterocycles. The summed E-state index contributed by atoms with van der Waals surface area (Å²) >= 11 is 1.30. The third-order valence-corrected chi connectivity index (χ3v) is 8.70. The van der Waals surface area contributed by atoms with Crippen LogP contribution in [0.5, 0.6) is 0 Å². The summed E-state index contributed by atoms with van der Waals surface area (Å²) in [6.45, 7) is 6.46. The molecule has 0 saturated carbocycles. The van der Waals surface area contributed by atoms with Crippen LogP contribution < -0.4 is 5.56 Å². The predicted molar refractivity (Wildman–Crippen MR) is 122 cm³/mol. The summed E-state index contributed by atoms with van der Waals surface area (Å²) in [6.07, 6.45) is 0.687. The van der Waals surface area contributed by atoms with Gasteiger partial charge in [0.25, 0.3) is 5.56 Å². The van der Waals surface area contributed by atoms with E-state index in [1.54, 1.807) is 10.6 Å². The lowest BCUT2D eigenvalue weighted by atomic mass is 10.2.